The summed E-state index contributed by atoms with van der Waals surface area (Å²) in [6.07, 6.45) is 0. The van der Waals surface area contributed by atoms with Crippen LogP contribution >= 0.6 is 12.4 Å². The number of benzene rings is 2. The summed E-state index contributed by atoms with van der Waals surface area (Å²) in [5, 5.41) is 13.7. The maximum atomic E-state index is 9.43. The summed E-state index contributed by atoms with van der Waals surface area (Å²) in [5.41, 5.74) is 1.77. The first-order chi connectivity index (χ1) is 12.2. The molecule has 0 atom stereocenters. The molecule has 1 aromatic heterocycles. The number of rotatable bonds is 3. The van der Waals surface area contributed by atoms with Gasteiger partial charge in [-0.05, 0) is 43.4 Å². The fourth-order valence-electron chi connectivity index (χ4n) is 3.05. The van der Waals surface area contributed by atoms with Crippen molar-refractivity contribution in [2.45, 2.75) is 0 Å². The predicted molar refractivity (Wildman–Crippen MR) is 108 cm³/mol. The van der Waals surface area contributed by atoms with E-state index in [1.165, 1.54) is 0 Å². The van der Waals surface area contributed by atoms with Gasteiger partial charge >= 0.3 is 0 Å². The van der Waals surface area contributed by atoms with E-state index in [1.54, 1.807) is 12.1 Å². The zero-order chi connectivity index (χ0) is 17.2. The third kappa shape index (κ3) is 3.81. The molecule has 1 fully saturated rings. The summed E-state index contributed by atoms with van der Waals surface area (Å²) >= 11 is 0. The minimum atomic E-state index is 0. The van der Waals surface area contributed by atoms with E-state index in [1.807, 2.05) is 30.3 Å². The first kappa shape index (κ1) is 18.2. The molecule has 0 aliphatic carbocycles. The predicted octanol–water partition coefficient (Wildman–Crippen LogP) is 3.25. The van der Waals surface area contributed by atoms with Crippen LogP contribution in [0.4, 0.5) is 17.5 Å². The lowest BCUT2D eigenvalue weighted by molar-refractivity contribution is 0.312. The van der Waals surface area contributed by atoms with Crippen LogP contribution in [0.5, 0.6) is 5.75 Å². The number of phenols is 1. The Labute approximate surface area is 158 Å². The van der Waals surface area contributed by atoms with Crippen molar-refractivity contribution in [1.29, 1.82) is 0 Å². The summed E-state index contributed by atoms with van der Waals surface area (Å²) in [6, 6.07) is 15.0. The smallest absolute Gasteiger partial charge is 0.229 e. The fourth-order valence-corrected chi connectivity index (χ4v) is 3.05. The second-order valence-electron chi connectivity index (χ2n) is 6.35. The molecule has 7 heteroatoms. The molecule has 2 aromatic carbocycles. The Morgan fingerprint density at radius 3 is 2.35 bits per heavy atom. The van der Waals surface area contributed by atoms with Crippen molar-refractivity contribution in [1.82, 2.24) is 14.9 Å². The zero-order valence-electron chi connectivity index (χ0n) is 14.6. The van der Waals surface area contributed by atoms with Gasteiger partial charge in [-0.1, -0.05) is 12.1 Å². The number of likely N-dealkylation sites (N-methyl/N-ethyl adjacent to an activating group) is 1. The molecular formula is C19H22ClN5O. The maximum Gasteiger partial charge on any atom is 0.229 e. The van der Waals surface area contributed by atoms with Gasteiger partial charge in [-0.25, -0.2) is 4.98 Å². The molecule has 0 spiro atoms. The molecule has 0 radical (unpaired) electrons. The summed E-state index contributed by atoms with van der Waals surface area (Å²) in [6.45, 7) is 3.96. The molecule has 0 bridgehead atoms. The third-order valence-corrected chi connectivity index (χ3v) is 4.51. The van der Waals surface area contributed by atoms with E-state index < -0.39 is 0 Å². The first-order valence-corrected chi connectivity index (χ1v) is 8.45. The molecule has 0 saturated carbocycles. The van der Waals surface area contributed by atoms with Gasteiger partial charge in [0.15, 0.2) is 0 Å². The highest BCUT2D eigenvalue weighted by molar-refractivity contribution is 5.90. The molecule has 1 aliphatic heterocycles. The van der Waals surface area contributed by atoms with Crippen LogP contribution in [0, 0.1) is 0 Å². The van der Waals surface area contributed by atoms with Crippen molar-refractivity contribution in [3.05, 3.63) is 48.5 Å². The number of aromatic nitrogens is 2. The van der Waals surface area contributed by atoms with E-state index in [9.17, 15) is 5.11 Å². The number of nitrogens with one attached hydrogen (secondary N) is 1. The Kier molecular flexibility index (Phi) is 5.44. The molecule has 4 rings (SSSR count). The average Bonchev–Trinajstić information content (AvgIpc) is 2.64. The van der Waals surface area contributed by atoms with Crippen molar-refractivity contribution in [2.24, 2.45) is 0 Å². The molecular weight excluding hydrogens is 350 g/mol. The highest BCUT2D eigenvalue weighted by atomic mass is 35.5. The Bertz CT molecular complexity index is 879. The fraction of sp³-hybridized carbons (Fsp3) is 0.263. The average molecular weight is 372 g/mol. The molecule has 3 aromatic rings. The topological polar surface area (TPSA) is 64.5 Å². The van der Waals surface area contributed by atoms with Crippen LogP contribution in [0.2, 0.25) is 0 Å². The molecule has 0 amide bonds. The van der Waals surface area contributed by atoms with Gasteiger partial charge in [-0.2, -0.15) is 4.98 Å². The maximum absolute atomic E-state index is 9.43. The van der Waals surface area contributed by atoms with Gasteiger partial charge < -0.3 is 20.2 Å². The zero-order valence-corrected chi connectivity index (χ0v) is 15.4. The van der Waals surface area contributed by atoms with E-state index in [2.05, 4.69) is 33.2 Å². The van der Waals surface area contributed by atoms with Gasteiger partial charge in [0, 0.05) is 37.3 Å². The first-order valence-electron chi connectivity index (χ1n) is 8.45. The van der Waals surface area contributed by atoms with Gasteiger partial charge in [0.1, 0.15) is 11.6 Å². The number of halogens is 1. The summed E-state index contributed by atoms with van der Waals surface area (Å²) in [7, 11) is 2.15. The van der Waals surface area contributed by atoms with Gasteiger partial charge in [0.25, 0.3) is 0 Å². The van der Waals surface area contributed by atoms with Crippen LogP contribution in [0.15, 0.2) is 48.5 Å². The van der Waals surface area contributed by atoms with E-state index in [0.29, 0.717) is 5.95 Å². The molecule has 6 nitrogen and oxygen atoms in total. The van der Waals surface area contributed by atoms with Gasteiger partial charge in [-0.3, -0.25) is 0 Å². The lowest BCUT2D eigenvalue weighted by atomic mass is 10.2. The monoisotopic (exact) mass is 371 g/mol. The summed E-state index contributed by atoms with van der Waals surface area (Å²) in [5.74, 6) is 1.78. The van der Waals surface area contributed by atoms with Crippen LogP contribution in [0.3, 0.4) is 0 Å². The van der Waals surface area contributed by atoms with Gasteiger partial charge in [0.05, 0.1) is 5.52 Å². The Hall–Kier alpha value is -2.57. The number of para-hydroxylation sites is 1. The molecule has 1 aliphatic rings. The summed E-state index contributed by atoms with van der Waals surface area (Å²) in [4.78, 5) is 14.1. The molecule has 2 N–H and O–H groups in total. The molecule has 26 heavy (non-hydrogen) atoms. The number of nitrogens with zero attached hydrogens (tertiary/aromatic N) is 4. The number of piperazine rings is 1. The summed E-state index contributed by atoms with van der Waals surface area (Å²) < 4.78 is 0. The number of phenolic OH excluding ortho intramolecular Hbond substituents is 1. The Morgan fingerprint density at radius 2 is 1.62 bits per heavy atom. The number of fused-ring (bicyclic) bond motifs is 1. The normalized spacial score (nSPS) is 14.9. The second-order valence-corrected chi connectivity index (χ2v) is 6.35. The lowest BCUT2D eigenvalue weighted by Gasteiger charge is -2.33. The van der Waals surface area contributed by atoms with Crippen molar-refractivity contribution < 1.29 is 5.11 Å². The Morgan fingerprint density at radius 1 is 0.923 bits per heavy atom. The molecule has 0 unspecified atom stereocenters. The van der Waals surface area contributed by atoms with Crippen molar-refractivity contribution in [2.75, 3.05) is 43.4 Å². The van der Waals surface area contributed by atoms with Crippen LogP contribution in [-0.4, -0.2) is 53.2 Å². The highest BCUT2D eigenvalue weighted by Crippen LogP contribution is 2.27. The second kappa shape index (κ2) is 7.76. The van der Waals surface area contributed by atoms with E-state index in [0.717, 1.165) is 48.6 Å². The number of aromatic hydroxyl groups is 1. The largest absolute Gasteiger partial charge is 0.508 e. The minimum Gasteiger partial charge on any atom is -0.508 e. The van der Waals surface area contributed by atoms with Crippen molar-refractivity contribution >= 4 is 40.8 Å². The van der Waals surface area contributed by atoms with Gasteiger partial charge in [0.2, 0.25) is 5.95 Å². The van der Waals surface area contributed by atoms with Crippen molar-refractivity contribution in [3.63, 3.8) is 0 Å². The van der Waals surface area contributed by atoms with Crippen LogP contribution in [0.1, 0.15) is 0 Å². The van der Waals surface area contributed by atoms with E-state index in [-0.39, 0.29) is 18.2 Å². The lowest BCUT2D eigenvalue weighted by Crippen LogP contribution is -2.45. The standard InChI is InChI=1S/C19H21N5O.ClH/c1-23-10-12-24(13-11-23)18-16-4-2-3-5-17(16)21-19(22-18)20-14-6-8-15(25)9-7-14;/h2-9,25H,10-13H2,1H3,(H,20,21,22);1H. The Balaban J connectivity index is 0.00000196. The van der Waals surface area contributed by atoms with Crippen molar-refractivity contribution in [3.8, 4) is 5.75 Å². The SMILES string of the molecule is CN1CCN(c2nc(Nc3ccc(O)cc3)nc3ccccc23)CC1.Cl. The van der Waals surface area contributed by atoms with Gasteiger partial charge in [-0.15, -0.1) is 12.4 Å². The number of hydrogen-bond acceptors (Lipinski definition) is 6. The number of hydrogen-bond donors (Lipinski definition) is 2. The van der Waals surface area contributed by atoms with Crippen LogP contribution in [-0.2, 0) is 0 Å². The number of anilines is 3. The molecule has 136 valence electrons. The molecule has 2 heterocycles. The third-order valence-electron chi connectivity index (χ3n) is 4.51. The van der Waals surface area contributed by atoms with E-state index >= 15 is 0 Å². The quantitative estimate of drug-likeness (QED) is 0.689. The van der Waals surface area contributed by atoms with Crippen LogP contribution in [0.25, 0.3) is 10.9 Å². The van der Waals surface area contributed by atoms with Crippen LogP contribution < -0.4 is 10.2 Å². The highest BCUT2D eigenvalue weighted by Gasteiger charge is 2.19. The van der Waals surface area contributed by atoms with E-state index in [4.69, 9.17) is 4.98 Å². The molecule has 1 saturated heterocycles. The minimum absolute atomic E-state index is 0.